The van der Waals surface area contributed by atoms with Crippen LogP contribution in [0.1, 0.15) is 24.7 Å². The van der Waals surface area contributed by atoms with Gasteiger partial charge in [-0.15, -0.1) is 0 Å². The summed E-state index contributed by atoms with van der Waals surface area (Å²) in [5.41, 5.74) is 1.37. The van der Waals surface area contributed by atoms with E-state index in [4.69, 9.17) is 9.52 Å². The molecule has 1 heterocycles. The van der Waals surface area contributed by atoms with E-state index in [0.717, 1.165) is 11.3 Å². The molecule has 0 aliphatic heterocycles. The standard InChI is InChI=1S/C16H20FNO2/c1-11(8-9-19)18-10-13-6-7-16(20-13)14-4-3-5-15(17)12(14)2/h3-7,11,18-19H,8-10H2,1-2H3. The minimum Gasteiger partial charge on any atom is -0.460 e. The van der Waals surface area contributed by atoms with Gasteiger partial charge in [-0.3, -0.25) is 0 Å². The van der Waals surface area contributed by atoms with E-state index in [1.165, 1.54) is 6.07 Å². The van der Waals surface area contributed by atoms with Crippen LogP contribution in [-0.2, 0) is 6.54 Å². The number of benzene rings is 1. The summed E-state index contributed by atoms with van der Waals surface area (Å²) in [6.07, 6.45) is 0.705. The van der Waals surface area contributed by atoms with E-state index in [1.807, 2.05) is 25.1 Å². The van der Waals surface area contributed by atoms with Gasteiger partial charge in [0.25, 0.3) is 0 Å². The van der Waals surface area contributed by atoms with Gasteiger partial charge in [0.15, 0.2) is 0 Å². The molecular weight excluding hydrogens is 257 g/mol. The Bertz CT molecular complexity index is 565. The Morgan fingerprint density at radius 3 is 2.85 bits per heavy atom. The van der Waals surface area contributed by atoms with Crippen molar-refractivity contribution in [2.24, 2.45) is 0 Å². The zero-order chi connectivity index (χ0) is 14.5. The molecule has 1 aromatic carbocycles. The molecule has 2 N–H and O–H groups in total. The van der Waals surface area contributed by atoms with Crippen LogP contribution in [-0.4, -0.2) is 17.8 Å². The predicted molar refractivity (Wildman–Crippen MR) is 76.8 cm³/mol. The molecule has 0 fully saturated rings. The fourth-order valence-electron chi connectivity index (χ4n) is 2.06. The lowest BCUT2D eigenvalue weighted by Gasteiger charge is -2.10. The van der Waals surface area contributed by atoms with Crippen molar-refractivity contribution in [1.29, 1.82) is 0 Å². The second kappa shape index (κ2) is 6.68. The highest BCUT2D eigenvalue weighted by Crippen LogP contribution is 2.26. The molecule has 1 atom stereocenters. The van der Waals surface area contributed by atoms with Crippen LogP contribution in [0.2, 0.25) is 0 Å². The average molecular weight is 277 g/mol. The first-order valence-electron chi connectivity index (χ1n) is 6.80. The summed E-state index contributed by atoms with van der Waals surface area (Å²) in [4.78, 5) is 0. The van der Waals surface area contributed by atoms with Crippen molar-refractivity contribution in [1.82, 2.24) is 5.32 Å². The molecule has 108 valence electrons. The van der Waals surface area contributed by atoms with Gasteiger partial charge >= 0.3 is 0 Å². The molecule has 2 rings (SSSR count). The van der Waals surface area contributed by atoms with Gasteiger partial charge in [0.05, 0.1) is 6.54 Å². The third-order valence-corrected chi connectivity index (χ3v) is 3.38. The summed E-state index contributed by atoms with van der Waals surface area (Å²) in [6, 6.07) is 8.95. The summed E-state index contributed by atoms with van der Waals surface area (Å²) in [7, 11) is 0. The van der Waals surface area contributed by atoms with E-state index >= 15 is 0 Å². The van der Waals surface area contributed by atoms with Crippen molar-refractivity contribution in [3.63, 3.8) is 0 Å². The summed E-state index contributed by atoms with van der Waals surface area (Å²) in [5, 5.41) is 12.1. The highest BCUT2D eigenvalue weighted by molar-refractivity contribution is 5.62. The minimum absolute atomic E-state index is 0.167. The monoisotopic (exact) mass is 277 g/mol. The van der Waals surface area contributed by atoms with Crippen molar-refractivity contribution in [3.8, 4) is 11.3 Å². The topological polar surface area (TPSA) is 45.4 Å². The highest BCUT2D eigenvalue weighted by atomic mass is 19.1. The molecule has 0 saturated heterocycles. The van der Waals surface area contributed by atoms with Gasteiger partial charge in [-0.1, -0.05) is 12.1 Å². The molecule has 0 spiro atoms. The van der Waals surface area contributed by atoms with Gasteiger partial charge in [-0.2, -0.15) is 0 Å². The molecule has 2 aromatic rings. The molecule has 1 aromatic heterocycles. The number of aliphatic hydroxyl groups excluding tert-OH is 1. The normalized spacial score (nSPS) is 12.6. The van der Waals surface area contributed by atoms with Gasteiger partial charge in [0.2, 0.25) is 0 Å². The Balaban J connectivity index is 2.07. The van der Waals surface area contributed by atoms with E-state index in [0.29, 0.717) is 24.3 Å². The Labute approximate surface area is 118 Å². The first-order chi connectivity index (χ1) is 9.61. The summed E-state index contributed by atoms with van der Waals surface area (Å²) >= 11 is 0. The maximum atomic E-state index is 13.5. The smallest absolute Gasteiger partial charge is 0.134 e. The second-order valence-electron chi connectivity index (χ2n) is 4.97. The number of furan rings is 1. The predicted octanol–water partition coefficient (Wildman–Crippen LogP) is 3.25. The molecule has 3 nitrogen and oxygen atoms in total. The SMILES string of the molecule is Cc1c(F)cccc1-c1ccc(CNC(C)CCO)o1. The van der Waals surface area contributed by atoms with Crippen LogP contribution in [0.15, 0.2) is 34.7 Å². The lowest BCUT2D eigenvalue weighted by molar-refractivity contribution is 0.267. The van der Waals surface area contributed by atoms with Crippen LogP contribution < -0.4 is 5.32 Å². The second-order valence-corrected chi connectivity index (χ2v) is 4.97. The van der Waals surface area contributed by atoms with Crippen molar-refractivity contribution < 1.29 is 13.9 Å². The lowest BCUT2D eigenvalue weighted by atomic mass is 10.1. The molecule has 0 aliphatic carbocycles. The maximum Gasteiger partial charge on any atom is 0.134 e. The number of aliphatic hydroxyl groups is 1. The molecule has 0 bridgehead atoms. The summed E-state index contributed by atoms with van der Waals surface area (Å²) in [6.45, 7) is 4.51. The van der Waals surface area contributed by atoms with Gasteiger partial charge in [-0.25, -0.2) is 4.39 Å². The molecular formula is C16H20FNO2. The Hall–Kier alpha value is -1.65. The largest absolute Gasteiger partial charge is 0.460 e. The van der Waals surface area contributed by atoms with E-state index in [-0.39, 0.29) is 18.5 Å². The molecule has 4 heteroatoms. The number of nitrogens with one attached hydrogen (secondary N) is 1. The van der Waals surface area contributed by atoms with Crippen LogP contribution in [0.4, 0.5) is 4.39 Å². The van der Waals surface area contributed by atoms with Crippen LogP contribution >= 0.6 is 0 Å². The molecule has 0 aliphatic rings. The van der Waals surface area contributed by atoms with E-state index < -0.39 is 0 Å². The number of hydrogen-bond acceptors (Lipinski definition) is 3. The molecule has 20 heavy (non-hydrogen) atoms. The first kappa shape index (κ1) is 14.8. The highest BCUT2D eigenvalue weighted by Gasteiger charge is 2.10. The van der Waals surface area contributed by atoms with Crippen molar-refractivity contribution >= 4 is 0 Å². The lowest BCUT2D eigenvalue weighted by Crippen LogP contribution is -2.26. The number of halogens is 1. The van der Waals surface area contributed by atoms with Gasteiger partial charge in [-0.05, 0) is 44.0 Å². The van der Waals surface area contributed by atoms with Gasteiger partial charge in [0, 0.05) is 18.2 Å². The number of rotatable bonds is 6. The van der Waals surface area contributed by atoms with Gasteiger partial charge < -0.3 is 14.8 Å². The third-order valence-electron chi connectivity index (χ3n) is 3.38. The third kappa shape index (κ3) is 3.46. The molecule has 1 unspecified atom stereocenters. The van der Waals surface area contributed by atoms with Crippen molar-refractivity contribution in [2.75, 3.05) is 6.61 Å². The Morgan fingerprint density at radius 1 is 1.30 bits per heavy atom. The molecule has 0 saturated carbocycles. The van der Waals surface area contributed by atoms with Crippen LogP contribution in [0, 0.1) is 12.7 Å². The Kier molecular flexibility index (Phi) is 4.93. The molecule has 0 amide bonds. The first-order valence-corrected chi connectivity index (χ1v) is 6.80. The summed E-state index contributed by atoms with van der Waals surface area (Å²) in [5.74, 6) is 1.25. The van der Waals surface area contributed by atoms with E-state index in [2.05, 4.69) is 5.32 Å². The van der Waals surface area contributed by atoms with Crippen LogP contribution in [0.5, 0.6) is 0 Å². The fraction of sp³-hybridized carbons (Fsp3) is 0.375. The van der Waals surface area contributed by atoms with Crippen molar-refractivity contribution in [3.05, 3.63) is 47.5 Å². The van der Waals surface area contributed by atoms with Crippen LogP contribution in [0.25, 0.3) is 11.3 Å². The zero-order valence-electron chi connectivity index (χ0n) is 11.8. The van der Waals surface area contributed by atoms with Crippen molar-refractivity contribution in [2.45, 2.75) is 32.9 Å². The average Bonchev–Trinajstić information content (AvgIpc) is 2.89. The zero-order valence-corrected chi connectivity index (χ0v) is 11.8. The quantitative estimate of drug-likeness (QED) is 0.852. The minimum atomic E-state index is -0.227. The maximum absolute atomic E-state index is 13.5. The molecule has 0 radical (unpaired) electrons. The van der Waals surface area contributed by atoms with Crippen LogP contribution in [0.3, 0.4) is 0 Å². The Morgan fingerprint density at radius 2 is 2.10 bits per heavy atom. The van der Waals surface area contributed by atoms with E-state index in [1.54, 1.807) is 13.0 Å². The van der Waals surface area contributed by atoms with Gasteiger partial charge in [0.1, 0.15) is 17.3 Å². The fourth-order valence-corrected chi connectivity index (χ4v) is 2.06. The van der Waals surface area contributed by atoms with E-state index in [9.17, 15) is 4.39 Å². The summed E-state index contributed by atoms with van der Waals surface area (Å²) < 4.78 is 19.3. The number of hydrogen-bond donors (Lipinski definition) is 2.